The molecule has 0 aliphatic rings. The van der Waals surface area contributed by atoms with Crippen molar-refractivity contribution < 1.29 is 34.2 Å². The first-order valence-corrected chi connectivity index (χ1v) is 9.93. The molecule has 4 amide bonds. The molecule has 0 aliphatic carbocycles. The number of aliphatic carboxylic acids is 1. The second-order valence-electron chi connectivity index (χ2n) is 7.43. The fraction of sp³-hybridized carbons (Fsp3) is 0.722. The van der Waals surface area contributed by atoms with Gasteiger partial charge in [-0.3, -0.25) is 19.2 Å². The van der Waals surface area contributed by atoms with E-state index in [4.69, 9.17) is 27.4 Å². The van der Waals surface area contributed by atoms with E-state index in [2.05, 4.69) is 16.0 Å². The molecule has 31 heavy (non-hydrogen) atoms. The Morgan fingerprint density at radius 1 is 0.903 bits per heavy atom. The van der Waals surface area contributed by atoms with E-state index in [9.17, 15) is 24.0 Å². The molecule has 0 rings (SSSR count). The highest BCUT2D eigenvalue weighted by Gasteiger charge is 2.31. The lowest BCUT2D eigenvalue weighted by atomic mass is 10.0. The topological polar surface area (TPSA) is 240 Å². The molecule has 178 valence electrons. The van der Waals surface area contributed by atoms with Crippen LogP contribution >= 0.6 is 0 Å². The molecule has 4 atom stereocenters. The Balaban J connectivity index is 5.34. The summed E-state index contributed by atoms with van der Waals surface area (Å²) < 4.78 is 0. The van der Waals surface area contributed by atoms with Gasteiger partial charge in [0.05, 0.1) is 19.1 Å². The number of rotatable bonds is 15. The van der Waals surface area contributed by atoms with Crippen molar-refractivity contribution >= 4 is 29.6 Å². The minimum absolute atomic E-state index is 0.159. The van der Waals surface area contributed by atoms with Crippen molar-refractivity contribution in [3.05, 3.63) is 0 Å². The number of hydrogen-bond donors (Lipinski definition) is 8. The van der Waals surface area contributed by atoms with Crippen LogP contribution in [0.5, 0.6) is 0 Å². The average Bonchev–Trinajstić information content (AvgIpc) is 2.67. The maximum absolute atomic E-state index is 12.8. The van der Waals surface area contributed by atoms with Crippen LogP contribution in [0.4, 0.5) is 0 Å². The Bertz CT molecular complexity index is 643. The molecule has 4 unspecified atom stereocenters. The Kier molecular flexibility index (Phi) is 13.0. The van der Waals surface area contributed by atoms with Gasteiger partial charge < -0.3 is 43.4 Å². The first kappa shape index (κ1) is 28.2. The van der Waals surface area contributed by atoms with Crippen LogP contribution in [0.2, 0.25) is 0 Å². The number of carboxylic acids is 1. The number of carbonyl (C=O) groups excluding carboxylic acids is 4. The molecular formula is C18H34N6O7. The number of carbonyl (C=O) groups is 5. The molecule has 0 aromatic heterocycles. The van der Waals surface area contributed by atoms with E-state index in [1.807, 2.05) is 0 Å². The van der Waals surface area contributed by atoms with E-state index < -0.39 is 72.7 Å². The molecule has 0 aromatic rings. The van der Waals surface area contributed by atoms with Crippen LogP contribution in [-0.2, 0) is 24.0 Å². The van der Waals surface area contributed by atoms with Crippen molar-refractivity contribution in [2.45, 2.75) is 63.7 Å². The third kappa shape index (κ3) is 10.7. The normalized spacial score (nSPS) is 14.8. The summed E-state index contributed by atoms with van der Waals surface area (Å²) in [4.78, 5) is 59.5. The monoisotopic (exact) mass is 446 g/mol. The average molecular weight is 447 g/mol. The quantitative estimate of drug-likeness (QED) is 0.116. The van der Waals surface area contributed by atoms with Gasteiger partial charge in [-0.05, 0) is 31.7 Å². The standard InChI is InChI=1S/C18H34N6O7/c1-9(2)14(24-15(27)10(20)7-13(21)26)17(29)22-11(5-3-4-6-19)16(28)23-12(8-25)18(30)31/h9-12,14,25H,3-8,19-20H2,1-2H3,(H2,21,26)(H,22,29)(H,23,28)(H,24,27)(H,30,31). The Hall–Kier alpha value is -2.77. The predicted octanol–water partition coefficient (Wildman–Crippen LogP) is -3.49. The van der Waals surface area contributed by atoms with Crippen LogP contribution in [-0.4, -0.2) is 77.1 Å². The van der Waals surface area contributed by atoms with Crippen molar-refractivity contribution in [3.63, 3.8) is 0 Å². The van der Waals surface area contributed by atoms with E-state index in [1.54, 1.807) is 13.8 Å². The van der Waals surface area contributed by atoms with E-state index in [-0.39, 0.29) is 6.42 Å². The first-order valence-electron chi connectivity index (χ1n) is 9.93. The van der Waals surface area contributed by atoms with E-state index in [1.165, 1.54) is 0 Å². The van der Waals surface area contributed by atoms with Gasteiger partial charge in [-0.25, -0.2) is 4.79 Å². The van der Waals surface area contributed by atoms with E-state index in [0.29, 0.717) is 19.4 Å². The number of aliphatic hydroxyl groups is 1. The molecule has 11 N–H and O–H groups in total. The van der Waals surface area contributed by atoms with Gasteiger partial charge >= 0.3 is 5.97 Å². The van der Waals surface area contributed by atoms with Gasteiger partial charge in [0.25, 0.3) is 0 Å². The van der Waals surface area contributed by atoms with Gasteiger partial charge in [-0.2, -0.15) is 0 Å². The molecule has 13 nitrogen and oxygen atoms in total. The highest BCUT2D eigenvalue weighted by atomic mass is 16.4. The number of hydrogen-bond acceptors (Lipinski definition) is 8. The van der Waals surface area contributed by atoms with Gasteiger partial charge in [0.15, 0.2) is 0 Å². The summed E-state index contributed by atoms with van der Waals surface area (Å²) in [7, 11) is 0. The number of nitrogens with two attached hydrogens (primary N) is 3. The lowest BCUT2D eigenvalue weighted by Crippen LogP contribution is -2.58. The summed E-state index contributed by atoms with van der Waals surface area (Å²) in [6.07, 6.45) is 0.787. The molecule has 0 spiro atoms. The van der Waals surface area contributed by atoms with Gasteiger partial charge in [-0.15, -0.1) is 0 Å². The Morgan fingerprint density at radius 2 is 1.48 bits per heavy atom. The largest absolute Gasteiger partial charge is 0.480 e. The minimum Gasteiger partial charge on any atom is -0.480 e. The zero-order valence-electron chi connectivity index (χ0n) is 17.8. The maximum Gasteiger partial charge on any atom is 0.328 e. The molecule has 0 radical (unpaired) electrons. The molecule has 0 saturated carbocycles. The number of carboxylic acid groups (broad SMARTS) is 1. The van der Waals surface area contributed by atoms with Gasteiger partial charge in [0.2, 0.25) is 23.6 Å². The lowest BCUT2D eigenvalue weighted by molar-refractivity contribution is -0.143. The van der Waals surface area contributed by atoms with Crippen LogP contribution in [0.15, 0.2) is 0 Å². The number of amides is 4. The molecule has 0 bridgehead atoms. The van der Waals surface area contributed by atoms with Crippen LogP contribution in [0, 0.1) is 5.92 Å². The number of unbranched alkanes of at least 4 members (excludes halogenated alkanes) is 1. The highest BCUT2D eigenvalue weighted by Crippen LogP contribution is 2.07. The van der Waals surface area contributed by atoms with Crippen molar-refractivity contribution in [3.8, 4) is 0 Å². The molecule has 0 aliphatic heterocycles. The summed E-state index contributed by atoms with van der Waals surface area (Å²) in [5.74, 6) is -4.87. The van der Waals surface area contributed by atoms with Gasteiger partial charge in [0.1, 0.15) is 18.1 Å². The SMILES string of the molecule is CC(C)C(NC(=O)C(N)CC(N)=O)C(=O)NC(CCCCN)C(=O)NC(CO)C(=O)O. The van der Waals surface area contributed by atoms with Crippen molar-refractivity contribution in [1.82, 2.24) is 16.0 Å². The number of aliphatic hydroxyl groups excluding tert-OH is 1. The third-order valence-corrected chi connectivity index (χ3v) is 4.38. The van der Waals surface area contributed by atoms with Crippen LogP contribution < -0.4 is 33.2 Å². The molecule has 0 heterocycles. The summed E-state index contributed by atoms with van der Waals surface area (Å²) in [6, 6.07) is -4.97. The molecule has 13 heteroatoms. The summed E-state index contributed by atoms with van der Waals surface area (Å²) in [5.41, 5.74) is 16.1. The van der Waals surface area contributed by atoms with E-state index >= 15 is 0 Å². The van der Waals surface area contributed by atoms with Crippen LogP contribution in [0.1, 0.15) is 39.5 Å². The maximum atomic E-state index is 12.8. The van der Waals surface area contributed by atoms with Gasteiger partial charge in [0, 0.05) is 0 Å². The smallest absolute Gasteiger partial charge is 0.328 e. The van der Waals surface area contributed by atoms with Crippen molar-refractivity contribution in [1.29, 1.82) is 0 Å². The number of primary amides is 1. The molecule has 0 saturated heterocycles. The van der Waals surface area contributed by atoms with Gasteiger partial charge in [-0.1, -0.05) is 13.8 Å². The summed E-state index contributed by atoms with van der Waals surface area (Å²) >= 11 is 0. The van der Waals surface area contributed by atoms with Crippen molar-refractivity contribution in [2.75, 3.05) is 13.2 Å². The summed E-state index contributed by atoms with van der Waals surface area (Å²) in [5, 5.41) is 25.2. The Labute approximate surface area is 180 Å². The van der Waals surface area contributed by atoms with Crippen molar-refractivity contribution in [2.24, 2.45) is 23.1 Å². The fourth-order valence-electron chi connectivity index (χ4n) is 2.59. The third-order valence-electron chi connectivity index (χ3n) is 4.38. The second kappa shape index (κ2) is 14.3. The predicted molar refractivity (Wildman–Crippen MR) is 110 cm³/mol. The minimum atomic E-state index is -1.53. The Morgan fingerprint density at radius 3 is 1.94 bits per heavy atom. The molecule has 0 fully saturated rings. The zero-order chi connectivity index (χ0) is 24.1. The van der Waals surface area contributed by atoms with E-state index in [0.717, 1.165) is 0 Å². The van der Waals surface area contributed by atoms with Crippen LogP contribution in [0.3, 0.4) is 0 Å². The molecule has 0 aromatic carbocycles. The van der Waals surface area contributed by atoms with Crippen LogP contribution in [0.25, 0.3) is 0 Å². The molecular weight excluding hydrogens is 412 g/mol. The fourth-order valence-corrected chi connectivity index (χ4v) is 2.59. The highest BCUT2D eigenvalue weighted by molar-refractivity contribution is 5.95. The number of nitrogens with one attached hydrogen (secondary N) is 3. The second-order valence-corrected chi connectivity index (χ2v) is 7.43. The lowest BCUT2D eigenvalue weighted by Gasteiger charge is -2.26. The summed E-state index contributed by atoms with van der Waals surface area (Å²) in [6.45, 7) is 2.84. The first-order chi connectivity index (χ1) is 14.4. The zero-order valence-corrected chi connectivity index (χ0v) is 17.8.